The summed E-state index contributed by atoms with van der Waals surface area (Å²) >= 11 is 3.44. The lowest BCUT2D eigenvalue weighted by Gasteiger charge is -2.09. The summed E-state index contributed by atoms with van der Waals surface area (Å²) in [7, 11) is 0. The number of nitrogens with one attached hydrogen (secondary N) is 1. The van der Waals surface area contributed by atoms with Crippen molar-refractivity contribution in [3.63, 3.8) is 0 Å². The molecular weight excluding hydrogens is 473 g/mol. The molecule has 0 fully saturated rings. The molecule has 0 aromatic heterocycles. The van der Waals surface area contributed by atoms with Crippen molar-refractivity contribution in [3.05, 3.63) is 99.0 Å². The normalized spacial score (nSPS) is 11.5. The van der Waals surface area contributed by atoms with Crippen LogP contribution in [0, 0.1) is 6.92 Å². The Kier molecular flexibility index (Phi) is 7.12. The number of hydrazone groups is 1. The number of nitrogens with zero attached hydrogens (tertiary/aromatic N) is 1. The minimum Gasteiger partial charge on any atom is -0.488 e. The zero-order valence-electron chi connectivity index (χ0n) is 16.4. The number of alkyl halides is 3. The van der Waals surface area contributed by atoms with Gasteiger partial charge in [0, 0.05) is 5.56 Å². The molecule has 0 atom stereocenters. The standard InChI is InChI=1S/C23H18BrF3N2O2/c1-15-4-2-5-17(10-15)14-31-21-9-8-16(11-20(21)24)13-28-29-22(30)18-6-3-7-19(12-18)23(25,26)27/h2-13H,14H2,1H3,(H,29,30)/b28-13-. The Labute approximate surface area is 185 Å². The van der Waals surface area contributed by atoms with Gasteiger partial charge in [0.2, 0.25) is 0 Å². The van der Waals surface area contributed by atoms with E-state index in [0.29, 0.717) is 22.4 Å². The van der Waals surface area contributed by atoms with Gasteiger partial charge in [-0.25, -0.2) is 5.43 Å². The third-order valence-corrected chi connectivity index (χ3v) is 4.88. The molecule has 1 N–H and O–H groups in total. The van der Waals surface area contributed by atoms with Crippen molar-refractivity contribution in [1.29, 1.82) is 0 Å². The molecule has 0 aliphatic heterocycles. The molecule has 31 heavy (non-hydrogen) atoms. The van der Waals surface area contributed by atoms with Gasteiger partial charge in [-0.05, 0) is 70.4 Å². The van der Waals surface area contributed by atoms with Crippen LogP contribution < -0.4 is 10.2 Å². The summed E-state index contributed by atoms with van der Waals surface area (Å²) in [5, 5.41) is 3.82. The highest BCUT2D eigenvalue weighted by Crippen LogP contribution is 2.29. The van der Waals surface area contributed by atoms with Crippen molar-refractivity contribution < 1.29 is 22.7 Å². The molecule has 0 saturated heterocycles. The van der Waals surface area contributed by atoms with Crippen LogP contribution in [0.1, 0.15) is 32.6 Å². The molecular formula is C23H18BrF3N2O2. The Bertz CT molecular complexity index is 1110. The fraction of sp³-hybridized carbons (Fsp3) is 0.130. The zero-order valence-corrected chi connectivity index (χ0v) is 18.0. The fourth-order valence-corrected chi connectivity index (χ4v) is 3.26. The van der Waals surface area contributed by atoms with E-state index in [2.05, 4.69) is 26.5 Å². The topological polar surface area (TPSA) is 50.7 Å². The number of hydrogen-bond acceptors (Lipinski definition) is 3. The third kappa shape index (κ3) is 6.42. The number of aryl methyl sites for hydroxylation is 1. The average Bonchev–Trinajstić information content (AvgIpc) is 2.72. The van der Waals surface area contributed by atoms with Crippen LogP contribution in [0.15, 0.2) is 76.3 Å². The van der Waals surface area contributed by atoms with Crippen molar-refractivity contribution >= 4 is 28.1 Å². The number of halogens is 4. The van der Waals surface area contributed by atoms with Gasteiger partial charge >= 0.3 is 6.18 Å². The minimum atomic E-state index is -4.52. The lowest BCUT2D eigenvalue weighted by Crippen LogP contribution is -2.18. The first-order chi connectivity index (χ1) is 14.7. The van der Waals surface area contributed by atoms with E-state index in [0.717, 1.165) is 23.3 Å². The third-order valence-electron chi connectivity index (χ3n) is 4.26. The summed E-state index contributed by atoms with van der Waals surface area (Å²) in [6, 6.07) is 17.4. The molecule has 0 heterocycles. The SMILES string of the molecule is Cc1cccc(COc2ccc(/C=N\NC(=O)c3cccc(C(F)(F)F)c3)cc2Br)c1. The predicted molar refractivity (Wildman–Crippen MR) is 116 cm³/mol. The quantitative estimate of drug-likeness (QED) is 0.334. The Morgan fingerprint density at radius 1 is 1.10 bits per heavy atom. The Morgan fingerprint density at radius 2 is 1.87 bits per heavy atom. The number of amides is 1. The van der Waals surface area contributed by atoms with Gasteiger partial charge in [0.05, 0.1) is 16.3 Å². The van der Waals surface area contributed by atoms with Gasteiger partial charge in [-0.15, -0.1) is 0 Å². The maximum Gasteiger partial charge on any atom is 0.416 e. The first kappa shape index (κ1) is 22.6. The summed E-state index contributed by atoms with van der Waals surface area (Å²) in [5.41, 5.74) is 4.07. The predicted octanol–water partition coefficient (Wildman–Crippen LogP) is 6.12. The Balaban J connectivity index is 1.60. The Morgan fingerprint density at radius 3 is 2.58 bits per heavy atom. The van der Waals surface area contributed by atoms with E-state index < -0.39 is 17.6 Å². The maximum atomic E-state index is 12.8. The molecule has 0 aliphatic carbocycles. The summed E-state index contributed by atoms with van der Waals surface area (Å²) in [4.78, 5) is 12.1. The molecule has 0 spiro atoms. The van der Waals surface area contributed by atoms with Crippen LogP contribution in [0.2, 0.25) is 0 Å². The summed E-state index contributed by atoms with van der Waals surface area (Å²) in [5.74, 6) is -0.0915. The van der Waals surface area contributed by atoms with Gasteiger partial charge < -0.3 is 4.74 Å². The molecule has 8 heteroatoms. The molecule has 3 rings (SSSR count). The molecule has 3 aromatic carbocycles. The number of hydrogen-bond donors (Lipinski definition) is 1. The summed E-state index contributed by atoms with van der Waals surface area (Å²) in [6.45, 7) is 2.43. The van der Waals surface area contributed by atoms with E-state index in [-0.39, 0.29) is 5.56 Å². The number of benzene rings is 3. The average molecular weight is 491 g/mol. The molecule has 4 nitrogen and oxygen atoms in total. The molecule has 3 aromatic rings. The van der Waals surface area contributed by atoms with Crippen LogP contribution in [0.5, 0.6) is 5.75 Å². The highest BCUT2D eigenvalue weighted by Gasteiger charge is 2.30. The van der Waals surface area contributed by atoms with Crippen LogP contribution in [0.25, 0.3) is 0 Å². The number of rotatable bonds is 6. The molecule has 1 amide bonds. The number of carbonyl (C=O) groups excluding carboxylic acids is 1. The van der Waals surface area contributed by atoms with Crippen LogP contribution in [0.4, 0.5) is 13.2 Å². The summed E-state index contributed by atoms with van der Waals surface area (Å²) in [6.07, 6.45) is -3.13. The molecule has 0 radical (unpaired) electrons. The second kappa shape index (κ2) is 9.78. The van der Waals surface area contributed by atoms with E-state index in [1.54, 1.807) is 18.2 Å². The number of ether oxygens (including phenoxy) is 1. The molecule has 160 valence electrons. The zero-order chi connectivity index (χ0) is 22.4. The van der Waals surface area contributed by atoms with Crippen LogP contribution in [-0.4, -0.2) is 12.1 Å². The smallest absolute Gasteiger partial charge is 0.416 e. The van der Waals surface area contributed by atoms with E-state index >= 15 is 0 Å². The van der Waals surface area contributed by atoms with Crippen molar-refractivity contribution in [2.24, 2.45) is 5.10 Å². The van der Waals surface area contributed by atoms with Gasteiger partial charge in [0.25, 0.3) is 5.91 Å². The lowest BCUT2D eigenvalue weighted by molar-refractivity contribution is -0.137. The maximum absolute atomic E-state index is 12.8. The first-order valence-corrected chi connectivity index (χ1v) is 10.0. The van der Waals surface area contributed by atoms with Crippen molar-refractivity contribution in [2.75, 3.05) is 0 Å². The monoisotopic (exact) mass is 490 g/mol. The van der Waals surface area contributed by atoms with Gasteiger partial charge in [-0.2, -0.15) is 18.3 Å². The van der Waals surface area contributed by atoms with Gasteiger partial charge in [-0.3, -0.25) is 4.79 Å². The van der Waals surface area contributed by atoms with Crippen LogP contribution in [0.3, 0.4) is 0 Å². The molecule has 0 aliphatic rings. The van der Waals surface area contributed by atoms with E-state index in [4.69, 9.17) is 4.74 Å². The van der Waals surface area contributed by atoms with Gasteiger partial charge in [0.15, 0.2) is 0 Å². The van der Waals surface area contributed by atoms with E-state index in [1.165, 1.54) is 18.3 Å². The van der Waals surface area contributed by atoms with Crippen molar-refractivity contribution in [1.82, 2.24) is 5.43 Å². The first-order valence-electron chi connectivity index (χ1n) is 9.21. The highest BCUT2D eigenvalue weighted by atomic mass is 79.9. The van der Waals surface area contributed by atoms with Crippen LogP contribution in [-0.2, 0) is 12.8 Å². The lowest BCUT2D eigenvalue weighted by atomic mass is 10.1. The molecule has 0 saturated carbocycles. The van der Waals surface area contributed by atoms with Crippen molar-refractivity contribution in [2.45, 2.75) is 19.7 Å². The number of carbonyl (C=O) groups is 1. The largest absolute Gasteiger partial charge is 0.488 e. The van der Waals surface area contributed by atoms with Gasteiger partial charge in [-0.1, -0.05) is 35.9 Å². The second-order valence-electron chi connectivity index (χ2n) is 6.75. The Hall–Kier alpha value is -3.13. The fourth-order valence-electron chi connectivity index (χ4n) is 2.74. The van der Waals surface area contributed by atoms with Crippen molar-refractivity contribution in [3.8, 4) is 5.75 Å². The second-order valence-corrected chi connectivity index (χ2v) is 7.60. The highest BCUT2D eigenvalue weighted by molar-refractivity contribution is 9.10. The van der Waals surface area contributed by atoms with Gasteiger partial charge in [0.1, 0.15) is 12.4 Å². The molecule has 0 unspecified atom stereocenters. The van der Waals surface area contributed by atoms with E-state index in [9.17, 15) is 18.0 Å². The van der Waals surface area contributed by atoms with E-state index in [1.807, 2.05) is 31.2 Å². The minimum absolute atomic E-state index is 0.131. The summed E-state index contributed by atoms with van der Waals surface area (Å²) < 4.78 is 44.8. The molecule has 0 bridgehead atoms. The van der Waals surface area contributed by atoms with Crippen LogP contribution >= 0.6 is 15.9 Å².